The number of likely N-dealkylation sites (tertiary alicyclic amines) is 1. The number of rotatable bonds is 14. The number of hydrogen-bond acceptors (Lipinski definition) is 6. The van der Waals surface area contributed by atoms with Gasteiger partial charge in [-0.2, -0.15) is 0 Å². The summed E-state index contributed by atoms with van der Waals surface area (Å²) in [4.78, 5) is 43.5. The maximum atomic E-state index is 13.8. The van der Waals surface area contributed by atoms with Crippen molar-refractivity contribution in [1.82, 2.24) is 9.80 Å². The van der Waals surface area contributed by atoms with Crippen molar-refractivity contribution in [3.05, 3.63) is 25.3 Å². The standard InChI is InChI=1S/C25H37BrN2O6/c1-4-7-9-10-15-33-24(32)18-19-22(30)28(13-14-29)21(25(19)16-17(26)20(18)34-25)23(31)27(11-6-3)12-8-5-2/h4,6,17-21,29H,1,3,5,7-16H2,2H3/t17?,18-,19-,20-,21?,25?/m0/s1. The number of β-amino-alcohol motifs (C(OH)–C–C–N with tert-alkyl or cyclic N) is 1. The molecular weight excluding hydrogens is 504 g/mol. The smallest absolute Gasteiger partial charge is 0.312 e. The van der Waals surface area contributed by atoms with Crippen LogP contribution in [0, 0.1) is 11.8 Å². The van der Waals surface area contributed by atoms with E-state index in [0.29, 0.717) is 25.9 Å². The highest BCUT2D eigenvalue weighted by Gasteiger charge is 2.77. The fourth-order valence-corrected chi connectivity index (χ4v) is 6.60. The number of alkyl halides is 1. The van der Waals surface area contributed by atoms with Gasteiger partial charge in [0.2, 0.25) is 11.8 Å². The fourth-order valence-electron chi connectivity index (χ4n) is 5.66. The van der Waals surface area contributed by atoms with Gasteiger partial charge >= 0.3 is 5.97 Å². The van der Waals surface area contributed by atoms with Crippen molar-refractivity contribution in [2.24, 2.45) is 11.8 Å². The molecule has 2 bridgehead atoms. The maximum Gasteiger partial charge on any atom is 0.312 e. The van der Waals surface area contributed by atoms with Crippen LogP contribution in [0.1, 0.15) is 45.4 Å². The summed E-state index contributed by atoms with van der Waals surface area (Å²) >= 11 is 3.64. The van der Waals surface area contributed by atoms with Crippen LogP contribution in [-0.4, -0.2) is 88.1 Å². The van der Waals surface area contributed by atoms with Crippen molar-refractivity contribution >= 4 is 33.7 Å². The highest BCUT2D eigenvalue weighted by atomic mass is 79.9. The summed E-state index contributed by atoms with van der Waals surface area (Å²) in [7, 11) is 0. The number of carbonyl (C=O) groups is 3. The quantitative estimate of drug-likeness (QED) is 0.157. The Morgan fingerprint density at radius 3 is 2.74 bits per heavy atom. The summed E-state index contributed by atoms with van der Waals surface area (Å²) in [6.07, 6.45) is 7.56. The minimum atomic E-state index is -1.12. The van der Waals surface area contributed by atoms with E-state index in [0.717, 1.165) is 25.7 Å². The molecule has 34 heavy (non-hydrogen) atoms. The Labute approximate surface area is 210 Å². The first-order valence-electron chi connectivity index (χ1n) is 12.3. The largest absolute Gasteiger partial charge is 0.465 e. The van der Waals surface area contributed by atoms with E-state index >= 15 is 0 Å². The Kier molecular flexibility index (Phi) is 9.34. The molecule has 3 fully saturated rings. The number of allylic oxidation sites excluding steroid dienone is 1. The summed E-state index contributed by atoms with van der Waals surface area (Å²) in [5, 5.41) is 9.69. The first kappa shape index (κ1) is 26.9. The van der Waals surface area contributed by atoms with Crippen LogP contribution in [0.15, 0.2) is 25.3 Å². The number of hydrogen-bond donors (Lipinski definition) is 1. The molecule has 8 nitrogen and oxygen atoms in total. The first-order valence-corrected chi connectivity index (χ1v) is 13.2. The third-order valence-corrected chi connectivity index (χ3v) is 7.97. The molecule has 0 radical (unpaired) electrons. The highest BCUT2D eigenvalue weighted by molar-refractivity contribution is 9.09. The molecule has 3 aliphatic rings. The number of nitrogens with zero attached hydrogens (tertiary/aromatic N) is 2. The van der Waals surface area contributed by atoms with E-state index in [2.05, 4.69) is 29.1 Å². The van der Waals surface area contributed by atoms with Gasteiger partial charge in [-0.25, -0.2) is 0 Å². The number of amides is 2. The Balaban J connectivity index is 1.89. The van der Waals surface area contributed by atoms with Crippen molar-refractivity contribution in [2.75, 3.05) is 32.8 Å². The molecule has 3 rings (SSSR count). The molecule has 3 heterocycles. The van der Waals surface area contributed by atoms with E-state index in [9.17, 15) is 19.5 Å². The van der Waals surface area contributed by atoms with Crippen molar-refractivity contribution in [1.29, 1.82) is 0 Å². The first-order chi connectivity index (χ1) is 16.4. The molecule has 0 aliphatic carbocycles. The lowest BCUT2D eigenvalue weighted by atomic mass is 9.70. The Morgan fingerprint density at radius 2 is 2.09 bits per heavy atom. The van der Waals surface area contributed by atoms with Gasteiger partial charge in [0.1, 0.15) is 11.6 Å². The van der Waals surface area contributed by atoms with E-state index in [1.165, 1.54) is 4.90 Å². The van der Waals surface area contributed by atoms with Crippen LogP contribution in [0.5, 0.6) is 0 Å². The second-order valence-corrected chi connectivity index (χ2v) is 10.5. The highest BCUT2D eigenvalue weighted by Crippen LogP contribution is 2.60. The third-order valence-electron chi connectivity index (χ3n) is 7.13. The minimum Gasteiger partial charge on any atom is -0.465 e. The zero-order valence-corrected chi connectivity index (χ0v) is 21.6. The molecule has 0 aromatic carbocycles. The molecule has 1 N–H and O–H groups in total. The predicted octanol–water partition coefficient (Wildman–Crippen LogP) is 2.44. The zero-order chi connectivity index (χ0) is 24.9. The molecule has 3 saturated heterocycles. The molecule has 2 amide bonds. The Bertz CT molecular complexity index is 791. The van der Waals surface area contributed by atoms with Gasteiger partial charge in [0, 0.05) is 24.5 Å². The van der Waals surface area contributed by atoms with Gasteiger partial charge in [-0.1, -0.05) is 41.4 Å². The summed E-state index contributed by atoms with van der Waals surface area (Å²) in [5.74, 6) is -2.59. The van der Waals surface area contributed by atoms with Crippen molar-refractivity contribution in [3.8, 4) is 0 Å². The molecule has 0 aromatic heterocycles. The van der Waals surface area contributed by atoms with Crippen LogP contribution < -0.4 is 0 Å². The van der Waals surface area contributed by atoms with E-state index in [1.54, 1.807) is 11.0 Å². The molecule has 3 unspecified atom stereocenters. The molecule has 0 saturated carbocycles. The van der Waals surface area contributed by atoms with E-state index < -0.39 is 35.6 Å². The van der Waals surface area contributed by atoms with Crippen LogP contribution in [0.25, 0.3) is 0 Å². The van der Waals surface area contributed by atoms with Gasteiger partial charge in [0.15, 0.2) is 0 Å². The Morgan fingerprint density at radius 1 is 1.32 bits per heavy atom. The number of ether oxygens (including phenoxy) is 2. The van der Waals surface area contributed by atoms with Gasteiger partial charge in [0.25, 0.3) is 0 Å². The molecule has 3 aliphatic heterocycles. The predicted molar refractivity (Wildman–Crippen MR) is 131 cm³/mol. The second kappa shape index (κ2) is 11.8. The van der Waals surface area contributed by atoms with Crippen LogP contribution in [0.3, 0.4) is 0 Å². The molecule has 6 atom stereocenters. The van der Waals surface area contributed by atoms with Crippen molar-refractivity contribution < 1.29 is 29.0 Å². The van der Waals surface area contributed by atoms with E-state index in [-0.39, 0.29) is 36.4 Å². The number of esters is 1. The molecule has 1 spiro atoms. The lowest BCUT2D eigenvalue weighted by Gasteiger charge is -2.37. The van der Waals surface area contributed by atoms with Crippen molar-refractivity contribution in [3.63, 3.8) is 0 Å². The molecule has 190 valence electrons. The minimum absolute atomic E-state index is 0.00744. The monoisotopic (exact) mass is 540 g/mol. The van der Waals surface area contributed by atoms with Crippen LogP contribution in [-0.2, 0) is 23.9 Å². The van der Waals surface area contributed by atoms with Crippen LogP contribution in [0.4, 0.5) is 0 Å². The van der Waals surface area contributed by atoms with Gasteiger partial charge in [-0.3, -0.25) is 14.4 Å². The summed E-state index contributed by atoms with van der Waals surface area (Å²) in [6, 6.07) is -0.899. The number of fused-ring (bicyclic) bond motifs is 1. The number of aliphatic hydroxyl groups excluding tert-OH is 1. The van der Waals surface area contributed by atoms with E-state index in [1.807, 2.05) is 13.0 Å². The normalized spacial score (nSPS) is 31.4. The van der Waals surface area contributed by atoms with Crippen molar-refractivity contribution in [2.45, 2.75) is 68.0 Å². The third kappa shape index (κ3) is 4.84. The van der Waals surface area contributed by atoms with Gasteiger partial charge < -0.3 is 24.4 Å². The summed E-state index contributed by atoms with van der Waals surface area (Å²) < 4.78 is 12.0. The fraction of sp³-hybridized carbons (Fsp3) is 0.720. The SMILES string of the molecule is C=CCCCCOC(=O)[C@H]1[C@H]2C(=O)N(CCO)C(C(=O)N(CC=C)CCCC)C23CC(Br)[C@@H]1O3. The van der Waals surface area contributed by atoms with Crippen LogP contribution >= 0.6 is 15.9 Å². The summed E-state index contributed by atoms with van der Waals surface area (Å²) in [5.41, 5.74) is -1.12. The molecular formula is C25H37BrN2O6. The van der Waals surface area contributed by atoms with Gasteiger partial charge in [-0.15, -0.1) is 13.2 Å². The van der Waals surface area contributed by atoms with E-state index in [4.69, 9.17) is 9.47 Å². The summed E-state index contributed by atoms with van der Waals surface area (Å²) in [6.45, 7) is 10.4. The number of carbonyl (C=O) groups excluding carboxylic acids is 3. The molecule has 9 heteroatoms. The zero-order valence-electron chi connectivity index (χ0n) is 20.0. The van der Waals surface area contributed by atoms with Gasteiger partial charge in [-0.05, 0) is 32.1 Å². The Hall–Kier alpha value is -1.71. The number of aliphatic hydroxyl groups is 1. The average molecular weight is 541 g/mol. The molecule has 0 aromatic rings. The lowest BCUT2D eigenvalue weighted by Crippen LogP contribution is -2.57. The number of unbranched alkanes of at least 4 members (excludes halogenated alkanes) is 3. The van der Waals surface area contributed by atoms with Gasteiger partial charge in [0.05, 0.1) is 31.2 Å². The number of halogens is 1. The second-order valence-electron chi connectivity index (χ2n) is 9.30. The lowest BCUT2D eigenvalue weighted by molar-refractivity contribution is -0.155. The average Bonchev–Trinajstić information content (AvgIpc) is 3.40. The van der Waals surface area contributed by atoms with Crippen LogP contribution in [0.2, 0.25) is 0 Å². The topological polar surface area (TPSA) is 96.4 Å². The maximum absolute atomic E-state index is 13.8.